The Morgan fingerprint density at radius 2 is 1.94 bits per heavy atom. The number of methoxy groups -OCH3 is 1. The molecule has 0 atom stereocenters. The molecule has 2 aromatic heterocycles. The third-order valence-electron chi connectivity index (χ3n) is 3.10. The second-order valence-electron chi connectivity index (χ2n) is 4.19. The van der Waals surface area contributed by atoms with Crippen molar-refractivity contribution in [1.29, 1.82) is 0 Å². The van der Waals surface area contributed by atoms with Gasteiger partial charge in [-0.1, -0.05) is 6.07 Å². The minimum atomic E-state index is 0.846. The fourth-order valence-corrected chi connectivity index (χ4v) is 2.20. The van der Waals surface area contributed by atoms with Crippen molar-refractivity contribution < 1.29 is 4.74 Å². The minimum Gasteiger partial charge on any atom is -0.496 e. The summed E-state index contributed by atoms with van der Waals surface area (Å²) >= 11 is 0. The number of benzene rings is 1. The van der Waals surface area contributed by atoms with E-state index < -0.39 is 0 Å². The third kappa shape index (κ3) is 1.84. The van der Waals surface area contributed by atoms with Gasteiger partial charge < -0.3 is 9.30 Å². The van der Waals surface area contributed by atoms with E-state index in [1.807, 2.05) is 36.7 Å². The van der Waals surface area contributed by atoms with Crippen LogP contribution in [0.4, 0.5) is 0 Å². The second-order valence-corrected chi connectivity index (χ2v) is 4.19. The number of nitrogens with zero attached hydrogens (tertiary/aromatic N) is 2. The molecule has 0 unspecified atom stereocenters. The maximum atomic E-state index is 5.37. The number of fused-ring (bicyclic) bond motifs is 1. The van der Waals surface area contributed by atoms with Gasteiger partial charge in [-0.15, -0.1) is 0 Å². The lowest BCUT2D eigenvalue weighted by Crippen LogP contribution is -1.97. The SMILES string of the molecule is COc1cccc2c1ccn2Cc1ccncc1. The first kappa shape index (κ1) is 10.8. The van der Waals surface area contributed by atoms with Gasteiger partial charge in [0.25, 0.3) is 0 Å². The molecule has 2 heterocycles. The van der Waals surface area contributed by atoms with Crippen LogP contribution >= 0.6 is 0 Å². The van der Waals surface area contributed by atoms with Crippen LogP contribution in [0.2, 0.25) is 0 Å². The zero-order chi connectivity index (χ0) is 12.4. The zero-order valence-corrected chi connectivity index (χ0v) is 10.2. The van der Waals surface area contributed by atoms with Crippen LogP contribution in [0.3, 0.4) is 0 Å². The average molecular weight is 238 g/mol. The Bertz CT molecular complexity index is 659. The van der Waals surface area contributed by atoms with Gasteiger partial charge in [0.05, 0.1) is 12.6 Å². The summed E-state index contributed by atoms with van der Waals surface area (Å²) in [7, 11) is 1.70. The van der Waals surface area contributed by atoms with Crippen molar-refractivity contribution in [3.8, 4) is 5.75 Å². The molecule has 90 valence electrons. The molecule has 3 nitrogen and oxygen atoms in total. The van der Waals surface area contributed by atoms with Crippen LogP contribution in [0.5, 0.6) is 5.75 Å². The maximum absolute atomic E-state index is 5.37. The predicted octanol–water partition coefficient (Wildman–Crippen LogP) is 3.09. The summed E-state index contributed by atoms with van der Waals surface area (Å²) < 4.78 is 7.58. The molecule has 0 saturated carbocycles. The van der Waals surface area contributed by atoms with E-state index in [0.29, 0.717) is 0 Å². The number of aromatic nitrogens is 2. The molecule has 0 aliphatic rings. The summed E-state index contributed by atoms with van der Waals surface area (Å²) in [6.07, 6.45) is 5.73. The number of rotatable bonds is 3. The second kappa shape index (κ2) is 4.53. The molecule has 3 heteroatoms. The topological polar surface area (TPSA) is 27.1 Å². The van der Waals surface area contributed by atoms with Gasteiger partial charge in [-0.2, -0.15) is 0 Å². The third-order valence-corrected chi connectivity index (χ3v) is 3.10. The normalized spacial score (nSPS) is 10.7. The van der Waals surface area contributed by atoms with E-state index >= 15 is 0 Å². The van der Waals surface area contributed by atoms with E-state index in [2.05, 4.69) is 27.9 Å². The summed E-state index contributed by atoms with van der Waals surface area (Å²) in [6, 6.07) is 12.3. The van der Waals surface area contributed by atoms with Gasteiger partial charge in [-0.3, -0.25) is 4.98 Å². The minimum absolute atomic E-state index is 0.846. The molecule has 0 bridgehead atoms. The first-order valence-corrected chi connectivity index (χ1v) is 5.89. The average Bonchev–Trinajstić information content (AvgIpc) is 2.83. The Morgan fingerprint density at radius 1 is 1.11 bits per heavy atom. The Labute approximate surface area is 106 Å². The molecule has 0 radical (unpaired) electrons. The van der Waals surface area contributed by atoms with Crippen LogP contribution in [0.25, 0.3) is 10.9 Å². The molecular weight excluding hydrogens is 224 g/mol. The molecule has 0 fully saturated rings. The van der Waals surface area contributed by atoms with E-state index in [1.165, 1.54) is 11.1 Å². The highest BCUT2D eigenvalue weighted by molar-refractivity contribution is 5.86. The standard InChI is InChI=1S/C15H14N2O/c1-18-15-4-2-3-14-13(15)7-10-17(14)11-12-5-8-16-9-6-12/h2-10H,11H2,1H3. The molecule has 0 saturated heterocycles. The predicted molar refractivity (Wildman–Crippen MR) is 71.8 cm³/mol. The summed E-state index contributed by atoms with van der Waals surface area (Å²) in [5, 5.41) is 1.15. The lowest BCUT2D eigenvalue weighted by molar-refractivity contribution is 0.420. The summed E-state index contributed by atoms with van der Waals surface area (Å²) in [6.45, 7) is 0.846. The van der Waals surface area contributed by atoms with Crippen LogP contribution in [0, 0.1) is 0 Å². The number of pyridine rings is 1. The van der Waals surface area contributed by atoms with Crippen molar-refractivity contribution in [1.82, 2.24) is 9.55 Å². The van der Waals surface area contributed by atoms with Crippen molar-refractivity contribution in [2.45, 2.75) is 6.54 Å². The van der Waals surface area contributed by atoms with Gasteiger partial charge in [0.1, 0.15) is 5.75 Å². The van der Waals surface area contributed by atoms with E-state index in [-0.39, 0.29) is 0 Å². The number of hydrogen-bond donors (Lipinski definition) is 0. The summed E-state index contributed by atoms with van der Waals surface area (Å²) in [5.41, 5.74) is 2.43. The molecule has 3 aromatic rings. The van der Waals surface area contributed by atoms with Crippen LogP contribution in [-0.2, 0) is 6.54 Å². The highest BCUT2D eigenvalue weighted by atomic mass is 16.5. The lowest BCUT2D eigenvalue weighted by Gasteiger charge is -2.06. The lowest BCUT2D eigenvalue weighted by atomic mass is 10.2. The van der Waals surface area contributed by atoms with Crippen molar-refractivity contribution >= 4 is 10.9 Å². The molecule has 0 aliphatic heterocycles. The smallest absolute Gasteiger partial charge is 0.128 e. The van der Waals surface area contributed by atoms with E-state index in [0.717, 1.165) is 17.7 Å². The van der Waals surface area contributed by atoms with Crippen molar-refractivity contribution in [3.63, 3.8) is 0 Å². The quantitative estimate of drug-likeness (QED) is 0.701. The number of ether oxygens (including phenoxy) is 1. The highest BCUT2D eigenvalue weighted by Crippen LogP contribution is 2.26. The first-order valence-electron chi connectivity index (χ1n) is 5.89. The maximum Gasteiger partial charge on any atom is 0.128 e. The summed E-state index contributed by atoms with van der Waals surface area (Å²) in [5.74, 6) is 0.918. The molecule has 0 amide bonds. The molecule has 3 rings (SSSR count). The Balaban J connectivity index is 2.03. The molecule has 0 aliphatic carbocycles. The molecule has 18 heavy (non-hydrogen) atoms. The Kier molecular flexibility index (Phi) is 2.73. The van der Waals surface area contributed by atoms with Crippen LogP contribution < -0.4 is 4.74 Å². The molecule has 0 spiro atoms. The van der Waals surface area contributed by atoms with E-state index in [4.69, 9.17) is 4.74 Å². The fraction of sp³-hybridized carbons (Fsp3) is 0.133. The largest absolute Gasteiger partial charge is 0.496 e. The van der Waals surface area contributed by atoms with Gasteiger partial charge in [0.2, 0.25) is 0 Å². The molecular formula is C15H14N2O. The fourth-order valence-electron chi connectivity index (χ4n) is 2.20. The van der Waals surface area contributed by atoms with E-state index in [1.54, 1.807) is 7.11 Å². The Morgan fingerprint density at radius 3 is 2.72 bits per heavy atom. The van der Waals surface area contributed by atoms with Crippen molar-refractivity contribution in [3.05, 3.63) is 60.6 Å². The number of hydrogen-bond acceptors (Lipinski definition) is 2. The first-order chi connectivity index (χ1) is 8.88. The van der Waals surface area contributed by atoms with Crippen LogP contribution in [-0.4, -0.2) is 16.7 Å². The van der Waals surface area contributed by atoms with Crippen molar-refractivity contribution in [2.24, 2.45) is 0 Å². The monoisotopic (exact) mass is 238 g/mol. The zero-order valence-electron chi connectivity index (χ0n) is 10.2. The Hall–Kier alpha value is -2.29. The highest BCUT2D eigenvalue weighted by Gasteiger charge is 2.05. The van der Waals surface area contributed by atoms with Crippen LogP contribution in [0.1, 0.15) is 5.56 Å². The summed E-state index contributed by atoms with van der Waals surface area (Å²) in [4.78, 5) is 4.04. The van der Waals surface area contributed by atoms with Crippen molar-refractivity contribution in [2.75, 3.05) is 7.11 Å². The van der Waals surface area contributed by atoms with Crippen LogP contribution in [0.15, 0.2) is 55.0 Å². The van der Waals surface area contributed by atoms with Gasteiger partial charge in [-0.25, -0.2) is 0 Å². The van der Waals surface area contributed by atoms with Gasteiger partial charge in [0.15, 0.2) is 0 Å². The van der Waals surface area contributed by atoms with Gasteiger partial charge >= 0.3 is 0 Å². The molecule has 1 aromatic carbocycles. The van der Waals surface area contributed by atoms with E-state index in [9.17, 15) is 0 Å². The molecule has 0 N–H and O–H groups in total. The van der Waals surface area contributed by atoms with Gasteiger partial charge in [-0.05, 0) is 35.9 Å². The van der Waals surface area contributed by atoms with Gasteiger partial charge in [0, 0.05) is 30.5 Å².